The summed E-state index contributed by atoms with van der Waals surface area (Å²) in [5.41, 5.74) is 0.980. The molecule has 0 fully saturated rings. The summed E-state index contributed by atoms with van der Waals surface area (Å²) in [5.74, 6) is -0.547. The fourth-order valence-electron chi connectivity index (χ4n) is 1.85. The second-order valence-corrected chi connectivity index (χ2v) is 6.14. The van der Waals surface area contributed by atoms with E-state index < -0.39 is 5.97 Å². The molecule has 2 aromatic carbocycles. The molecule has 2 rings (SSSR count). The van der Waals surface area contributed by atoms with Crippen LogP contribution in [-0.2, 0) is 20.9 Å². The molecule has 24 heavy (non-hydrogen) atoms. The van der Waals surface area contributed by atoms with Gasteiger partial charge in [0, 0.05) is 17.2 Å². The van der Waals surface area contributed by atoms with Gasteiger partial charge in [0.15, 0.2) is 6.61 Å². The number of ether oxygens (including phenoxy) is 1. The molecule has 0 aliphatic heterocycles. The van der Waals surface area contributed by atoms with Crippen molar-refractivity contribution in [2.75, 3.05) is 12.4 Å². The van der Waals surface area contributed by atoms with Crippen molar-refractivity contribution in [3.63, 3.8) is 0 Å². The molecule has 126 valence electrons. The second kappa shape index (κ2) is 9.72. The first-order valence-electron chi connectivity index (χ1n) is 7.48. The summed E-state index contributed by atoms with van der Waals surface area (Å²) < 4.78 is 17.7. The molecule has 0 heterocycles. The maximum Gasteiger partial charge on any atom is 0.307 e. The Balaban J connectivity index is 1.58. The number of carbonyl (C=O) groups excluding carboxylic acids is 2. The highest BCUT2D eigenvalue weighted by molar-refractivity contribution is 7.99. The summed E-state index contributed by atoms with van der Waals surface area (Å²) in [4.78, 5) is 24.1. The molecule has 0 radical (unpaired) electrons. The molecule has 0 atom stereocenters. The van der Waals surface area contributed by atoms with Crippen molar-refractivity contribution < 1.29 is 18.7 Å². The molecule has 0 aromatic heterocycles. The van der Waals surface area contributed by atoms with Gasteiger partial charge in [-0.15, -0.1) is 11.8 Å². The Labute approximate surface area is 144 Å². The number of carbonyl (C=O) groups is 2. The SMILES string of the molecule is O=C(COC(=O)CCSc1ccc(F)cc1)NCc1ccccc1. The van der Waals surface area contributed by atoms with Gasteiger partial charge < -0.3 is 10.1 Å². The van der Waals surface area contributed by atoms with Crippen molar-refractivity contribution >= 4 is 23.6 Å². The third kappa shape index (κ3) is 6.83. The third-order valence-corrected chi connectivity index (χ3v) is 4.10. The van der Waals surface area contributed by atoms with Crippen molar-refractivity contribution in [1.29, 1.82) is 0 Å². The number of thioether (sulfide) groups is 1. The van der Waals surface area contributed by atoms with Crippen LogP contribution in [0.3, 0.4) is 0 Å². The number of esters is 1. The summed E-state index contributed by atoms with van der Waals surface area (Å²) in [6.07, 6.45) is 0.189. The van der Waals surface area contributed by atoms with E-state index >= 15 is 0 Å². The van der Waals surface area contributed by atoms with E-state index in [0.29, 0.717) is 12.3 Å². The van der Waals surface area contributed by atoms with E-state index in [1.54, 1.807) is 12.1 Å². The molecule has 1 amide bonds. The summed E-state index contributed by atoms with van der Waals surface area (Å²) >= 11 is 1.43. The lowest BCUT2D eigenvalue weighted by Gasteiger charge is -2.07. The summed E-state index contributed by atoms with van der Waals surface area (Å²) in [6, 6.07) is 15.5. The van der Waals surface area contributed by atoms with Crippen molar-refractivity contribution in [1.82, 2.24) is 5.32 Å². The van der Waals surface area contributed by atoms with Crippen molar-refractivity contribution in [3.8, 4) is 0 Å². The van der Waals surface area contributed by atoms with Crippen LogP contribution in [0.5, 0.6) is 0 Å². The zero-order valence-corrected chi connectivity index (χ0v) is 13.9. The quantitative estimate of drug-likeness (QED) is 0.589. The van der Waals surface area contributed by atoms with E-state index in [1.165, 1.54) is 23.9 Å². The number of nitrogens with one attached hydrogen (secondary N) is 1. The Morgan fingerprint density at radius 2 is 1.75 bits per heavy atom. The normalized spacial score (nSPS) is 10.2. The van der Waals surface area contributed by atoms with Crippen LogP contribution in [0.15, 0.2) is 59.5 Å². The number of benzene rings is 2. The van der Waals surface area contributed by atoms with Crippen LogP contribution < -0.4 is 5.32 Å². The number of halogens is 1. The lowest BCUT2D eigenvalue weighted by atomic mass is 10.2. The average Bonchev–Trinajstić information content (AvgIpc) is 2.61. The largest absolute Gasteiger partial charge is 0.456 e. The summed E-state index contributed by atoms with van der Waals surface area (Å²) in [5, 5.41) is 2.68. The van der Waals surface area contributed by atoms with Gasteiger partial charge in [-0.05, 0) is 29.8 Å². The Morgan fingerprint density at radius 3 is 2.46 bits per heavy atom. The minimum atomic E-state index is -0.431. The molecule has 0 bridgehead atoms. The van der Waals surface area contributed by atoms with Gasteiger partial charge in [0.05, 0.1) is 6.42 Å². The lowest BCUT2D eigenvalue weighted by molar-refractivity contribution is -0.148. The van der Waals surface area contributed by atoms with Crippen LogP contribution in [0.4, 0.5) is 4.39 Å². The third-order valence-electron chi connectivity index (χ3n) is 3.09. The molecule has 0 unspecified atom stereocenters. The highest BCUT2D eigenvalue weighted by Crippen LogP contribution is 2.18. The van der Waals surface area contributed by atoms with E-state index in [2.05, 4.69) is 5.32 Å². The van der Waals surface area contributed by atoms with Gasteiger partial charge in [0.2, 0.25) is 0 Å². The fourth-order valence-corrected chi connectivity index (χ4v) is 2.68. The van der Waals surface area contributed by atoms with Crippen molar-refractivity contribution in [2.24, 2.45) is 0 Å². The van der Waals surface area contributed by atoms with Crippen LogP contribution in [0.1, 0.15) is 12.0 Å². The Morgan fingerprint density at radius 1 is 1.04 bits per heavy atom. The first-order chi connectivity index (χ1) is 11.6. The molecule has 0 aliphatic rings. The maximum absolute atomic E-state index is 12.8. The molecule has 0 spiro atoms. The Hall–Kier alpha value is -2.34. The monoisotopic (exact) mass is 347 g/mol. The first kappa shape index (κ1) is 18.0. The van der Waals surface area contributed by atoms with Crippen LogP contribution in [-0.4, -0.2) is 24.2 Å². The van der Waals surface area contributed by atoms with E-state index in [1.807, 2.05) is 30.3 Å². The van der Waals surface area contributed by atoms with Gasteiger partial charge in [-0.25, -0.2) is 4.39 Å². The summed E-state index contributed by atoms with van der Waals surface area (Å²) in [7, 11) is 0. The minimum absolute atomic E-state index is 0.189. The zero-order chi connectivity index (χ0) is 17.2. The standard InChI is InChI=1S/C18H18FNO3S/c19-15-6-8-16(9-7-15)24-11-10-18(22)23-13-17(21)20-12-14-4-2-1-3-5-14/h1-9H,10-13H2,(H,20,21). The minimum Gasteiger partial charge on any atom is -0.456 e. The van der Waals surface area contributed by atoms with Crippen molar-refractivity contribution in [2.45, 2.75) is 17.9 Å². The van der Waals surface area contributed by atoms with Crippen molar-refractivity contribution in [3.05, 3.63) is 66.0 Å². The van der Waals surface area contributed by atoms with E-state index in [4.69, 9.17) is 4.74 Å². The van der Waals surface area contributed by atoms with E-state index in [-0.39, 0.29) is 24.8 Å². The molecule has 6 heteroatoms. The second-order valence-electron chi connectivity index (χ2n) is 4.98. The Kier molecular flexibility index (Phi) is 7.29. The molecular weight excluding hydrogens is 329 g/mol. The smallest absolute Gasteiger partial charge is 0.307 e. The fraction of sp³-hybridized carbons (Fsp3) is 0.222. The highest BCUT2D eigenvalue weighted by Gasteiger charge is 2.07. The molecule has 2 aromatic rings. The number of hydrogen-bond donors (Lipinski definition) is 1. The number of rotatable bonds is 8. The maximum atomic E-state index is 12.8. The highest BCUT2D eigenvalue weighted by atomic mass is 32.2. The zero-order valence-electron chi connectivity index (χ0n) is 13.0. The number of amides is 1. The summed E-state index contributed by atoms with van der Waals surface area (Å²) in [6.45, 7) is 0.116. The van der Waals surface area contributed by atoms with Crippen LogP contribution in [0.2, 0.25) is 0 Å². The molecule has 0 saturated heterocycles. The predicted molar refractivity (Wildman–Crippen MR) is 91.0 cm³/mol. The Bertz CT molecular complexity index is 662. The van der Waals surface area contributed by atoms with Gasteiger partial charge in [-0.3, -0.25) is 9.59 Å². The molecule has 1 N–H and O–H groups in total. The van der Waals surface area contributed by atoms with Gasteiger partial charge in [-0.1, -0.05) is 30.3 Å². The predicted octanol–water partition coefficient (Wildman–Crippen LogP) is 3.17. The van der Waals surface area contributed by atoms with Crippen LogP contribution >= 0.6 is 11.8 Å². The van der Waals surface area contributed by atoms with Gasteiger partial charge in [0.1, 0.15) is 5.82 Å². The number of hydrogen-bond acceptors (Lipinski definition) is 4. The van der Waals surface area contributed by atoms with E-state index in [9.17, 15) is 14.0 Å². The molecular formula is C18H18FNO3S. The van der Waals surface area contributed by atoms with Crippen LogP contribution in [0.25, 0.3) is 0 Å². The van der Waals surface area contributed by atoms with Gasteiger partial charge >= 0.3 is 5.97 Å². The van der Waals surface area contributed by atoms with Gasteiger partial charge in [-0.2, -0.15) is 0 Å². The van der Waals surface area contributed by atoms with E-state index in [0.717, 1.165) is 10.5 Å². The van der Waals surface area contributed by atoms with Crippen LogP contribution in [0, 0.1) is 5.82 Å². The molecule has 4 nitrogen and oxygen atoms in total. The lowest BCUT2D eigenvalue weighted by Crippen LogP contribution is -2.28. The molecule has 0 saturated carbocycles. The first-order valence-corrected chi connectivity index (χ1v) is 8.46. The topological polar surface area (TPSA) is 55.4 Å². The average molecular weight is 347 g/mol. The van der Waals surface area contributed by atoms with Gasteiger partial charge in [0.25, 0.3) is 5.91 Å². The molecule has 0 aliphatic carbocycles.